The molecule has 0 fully saturated rings. The average molecular weight is 344 g/mol. The Morgan fingerprint density at radius 2 is 1.52 bits per heavy atom. The monoisotopic (exact) mass is 344 g/mol. The molecule has 0 aliphatic carbocycles. The Bertz CT molecular complexity index is 682. The molecule has 0 aliphatic rings. The molecule has 0 aromatic heterocycles. The minimum atomic E-state index is -1.41. The van der Waals surface area contributed by atoms with E-state index in [0.29, 0.717) is 11.3 Å². The van der Waals surface area contributed by atoms with Gasteiger partial charge in [-0.05, 0) is 17.7 Å². The molecule has 3 N–H and O–H groups in total. The van der Waals surface area contributed by atoms with E-state index in [2.05, 4.69) is 6.58 Å². The number of hydrogen-bond acceptors (Lipinski definition) is 5. The van der Waals surface area contributed by atoms with Crippen LogP contribution in [0, 0.1) is 0 Å². The van der Waals surface area contributed by atoms with Crippen LogP contribution in [0.4, 0.5) is 0 Å². The minimum Gasteiger partial charge on any atom is -0.479 e. The number of hydrogen-bond donors (Lipinski definition) is 3. The number of aliphatic carboxylic acids is 1. The van der Waals surface area contributed by atoms with Gasteiger partial charge in [0.15, 0.2) is 6.10 Å². The van der Waals surface area contributed by atoms with Crippen molar-refractivity contribution in [2.24, 2.45) is 0 Å². The van der Waals surface area contributed by atoms with Crippen molar-refractivity contribution >= 4 is 11.9 Å². The van der Waals surface area contributed by atoms with Crippen LogP contribution in [0.5, 0.6) is 5.75 Å². The van der Waals surface area contributed by atoms with Gasteiger partial charge < -0.3 is 20.1 Å². The first kappa shape index (κ1) is 20.1. The van der Waals surface area contributed by atoms with Crippen molar-refractivity contribution in [3.05, 3.63) is 78.4 Å². The molecule has 0 radical (unpaired) electrons. The lowest BCUT2D eigenvalue weighted by atomic mass is 10.1. The van der Waals surface area contributed by atoms with Crippen molar-refractivity contribution in [1.82, 2.24) is 0 Å². The van der Waals surface area contributed by atoms with Gasteiger partial charge in [0.1, 0.15) is 5.75 Å². The largest absolute Gasteiger partial charge is 0.479 e. The third-order valence-corrected chi connectivity index (χ3v) is 3.01. The smallest absolute Gasteiger partial charge is 0.338 e. The second kappa shape index (κ2) is 10.7. The molecule has 132 valence electrons. The van der Waals surface area contributed by atoms with Gasteiger partial charge in [-0.15, -0.1) is 0 Å². The van der Waals surface area contributed by atoms with Crippen LogP contribution in [0.2, 0.25) is 0 Å². The molecular weight excluding hydrogens is 324 g/mol. The lowest BCUT2D eigenvalue weighted by Crippen LogP contribution is -2.11. The molecule has 2 aromatic carbocycles. The summed E-state index contributed by atoms with van der Waals surface area (Å²) in [6, 6.07) is 17.0. The van der Waals surface area contributed by atoms with Gasteiger partial charge in [0.2, 0.25) is 0 Å². The van der Waals surface area contributed by atoms with E-state index in [0.717, 1.165) is 0 Å². The fourth-order valence-corrected chi connectivity index (χ4v) is 1.68. The topological polar surface area (TPSA) is 104 Å². The molecule has 1 atom stereocenters. The van der Waals surface area contributed by atoms with Crippen LogP contribution >= 0.6 is 0 Å². The average Bonchev–Trinajstić information content (AvgIpc) is 2.63. The Kier molecular flexibility index (Phi) is 8.63. The second-order valence-electron chi connectivity index (χ2n) is 4.93. The molecule has 6 nitrogen and oxygen atoms in total. The van der Waals surface area contributed by atoms with Crippen molar-refractivity contribution in [3.8, 4) is 5.75 Å². The highest BCUT2D eigenvalue weighted by atomic mass is 16.5. The quantitative estimate of drug-likeness (QED) is 0.422. The van der Waals surface area contributed by atoms with E-state index in [1.165, 1.54) is 0 Å². The van der Waals surface area contributed by atoms with Crippen LogP contribution in [0.1, 0.15) is 18.1 Å². The third kappa shape index (κ3) is 7.43. The maximum atomic E-state index is 11.3. The van der Waals surface area contributed by atoms with E-state index < -0.39 is 18.0 Å². The first-order chi connectivity index (χ1) is 12.0. The van der Waals surface area contributed by atoms with Crippen molar-refractivity contribution < 1.29 is 29.6 Å². The Balaban J connectivity index is 0.000000257. The van der Waals surface area contributed by atoms with E-state index in [1.807, 2.05) is 6.07 Å². The number of carbonyl (C=O) groups excluding carboxylic acids is 1. The fraction of sp³-hybridized carbons (Fsp3) is 0.158. The van der Waals surface area contributed by atoms with Crippen LogP contribution in [-0.4, -0.2) is 33.9 Å². The number of carbonyl (C=O) groups is 2. The number of para-hydroxylation sites is 1. The standard InChI is InChI=1S/C11H12O3.C8H8O3/c1-9(7-8-12)11(13)14-10-5-3-2-4-6-10;9-7(8(10)11)6-4-2-1-3-5-6/h2-6,12H,1,7-8H2;1-5,7,9H,(H,10,11). The van der Waals surface area contributed by atoms with Gasteiger partial charge >= 0.3 is 11.9 Å². The highest BCUT2D eigenvalue weighted by Gasteiger charge is 2.14. The number of ether oxygens (including phenoxy) is 1. The van der Waals surface area contributed by atoms with Gasteiger partial charge in [0, 0.05) is 18.6 Å². The summed E-state index contributed by atoms with van der Waals surface area (Å²) in [5.74, 6) is -1.24. The normalized spacial score (nSPS) is 10.8. The molecule has 6 heteroatoms. The summed E-state index contributed by atoms with van der Waals surface area (Å²) in [6.45, 7) is 3.41. The zero-order chi connectivity index (χ0) is 18.7. The van der Waals surface area contributed by atoms with Crippen LogP contribution in [0.3, 0.4) is 0 Å². The number of esters is 1. The minimum absolute atomic E-state index is 0.0945. The SMILES string of the molecule is C=C(CCO)C(=O)Oc1ccccc1.O=C(O)C(O)c1ccccc1. The lowest BCUT2D eigenvalue weighted by Gasteiger charge is -2.04. The van der Waals surface area contributed by atoms with E-state index in [-0.39, 0.29) is 18.6 Å². The molecular formula is C19H20O6. The molecule has 0 spiro atoms. The van der Waals surface area contributed by atoms with Gasteiger partial charge in [-0.3, -0.25) is 0 Å². The molecule has 0 heterocycles. The molecule has 1 unspecified atom stereocenters. The van der Waals surface area contributed by atoms with Crippen LogP contribution in [-0.2, 0) is 9.59 Å². The van der Waals surface area contributed by atoms with E-state index in [1.54, 1.807) is 54.6 Å². The summed E-state index contributed by atoms with van der Waals surface area (Å²) < 4.78 is 4.98. The molecule has 0 amide bonds. The number of carboxylic acid groups (broad SMARTS) is 1. The first-order valence-electron chi connectivity index (χ1n) is 7.47. The molecule has 0 saturated heterocycles. The molecule has 2 rings (SSSR count). The molecule has 25 heavy (non-hydrogen) atoms. The predicted molar refractivity (Wildman–Crippen MR) is 92.0 cm³/mol. The third-order valence-electron chi connectivity index (χ3n) is 3.01. The van der Waals surface area contributed by atoms with Crippen molar-refractivity contribution in [3.63, 3.8) is 0 Å². The number of carboxylic acids is 1. The summed E-state index contributed by atoms with van der Waals surface area (Å²) >= 11 is 0. The maximum Gasteiger partial charge on any atom is 0.338 e. The number of benzene rings is 2. The first-order valence-corrected chi connectivity index (χ1v) is 7.47. The lowest BCUT2D eigenvalue weighted by molar-refractivity contribution is -0.147. The highest BCUT2D eigenvalue weighted by molar-refractivity contribution is 5.89. The summed E-state index contributed by atoms with van der Waals surface area (Å²) in [6.07, 6.45) is -1.16. The Morgan fingerprint density at radius 3 is 2.00 bits per heavy atom. The Hall–Kier alpha value is -2.96. The van der Waals surface area contributed by atoms with E-state index >= 15 is 0 Å². The van der Waals surface area contributed by atoms with Gasteiger partial charge in [-0.25, -0.2) is 9.59 Å². The number of rotatable bonds is 6. The van der Waals surface area contributed by atoms with Crippen molar-refractivity contribution in [2.75, 3.05) is 6.61 Å². The van der Waals surface area contributed by atoms with E-state index in [4.69, 9.17) is 20.1 Å². The van der Waals surface area contributed by atoms with Crippen LogP contribution in [0.25, 0.3) is 0 Å². The molecule has 2 aromatic rings. The zero-order valence-corrected chi connectivity index (χ0v) is 13.5. The Labute approximate surface area is 145 Å². The van der Waals surface area contributed by atoms with Gasteiger partial charge in [-0.2, -0.15) is 0 Å². The highest BCUT2D eigenvalue weighted by Crippen LogP contribution is 2.12. The van der Waals surface area contributed by atoms with Gasteiger partial charge in [0.05, 0.1) is 0 Å². The summed E-state index contributed by atoms with van der Waals surface area (Å²) in [5.41, 5.74) is 0.677. The van der Waals surface area contributed by atoms with Gasteiger partial charge in [0.25, 0.3) is 0 Å². The van der Waals surface area contributed by atoms with Crippen LogP contribution in [0.15, 0.2) is 72.8 Å². The van der Waals surface area contributed by atoms with Crippen molar-refractivity contribution in [1.29, 1.82) is 0 Å². The van der Waals surface area contributed by atoms with Crippen molar-refractivity contribution in [2.45, 2.75) is 12.5 Å². The molecule has 0 saturated carbocycles. The van der Waals surface area contributed by atoms with Gasteiger partial charge in [-0.1, -0.05) is 55.1 Å². The molecule has 0 aliphatic heterocycles. The summed E-state index contributed by atoms with van der Waals surface area (Å²) in [4.78, 5) is 21.5. The zero-order valence-electron chi connectivity index (χ0n) is 13.5. The summed E-state index contributed by atoms with van der Waals surface area (Å²) in [5, 5.41) is 26.0. The fourth-order valence-electron chi connectivity index (χ4n) is 1.68. The van der Waals surface area contributed by atoms with Crippen LogP contribution < -0.4 is 4.74 Å². The number of aliphatic hydroxyl groups excluding tert-OH is 2. The summed E-state index contributed by atoms with van der Waals surface area (Å²) in [7, 11) is 0. The van der Waals surface area contributed by atoms with E-state index in [9.17, 15) is 9.59 Å². The number of aliphatic hydroxyl groups is 2. The predicted octanol–water partition coefficient (Wildman–Crippen LogP) is 2.34. The molecule has 0 bridgehead atoms. The maximum absolute atomic E-state index is 11.3. The second-order valence-corrected chi connectivity index (χ2v) is 4.93. The Morgan fingerprint density at radius 1 is 1.00 bits per heavy atom.